The number of hydrazine groups is 1. The van der Waals surface area contributed by atoms with Gasteiger partial charge in [-0.2, -0.15) is 10.1 Å². The van der Waals surface area contributed by atoms with Crippen LogP contribution in [0.3, 0.4) is 0 Å². The van der Waals surface area contributed by atoms with Gasteiger partial charge < -0.3 is 5.73 Å². The van der Waals surface area contributed by atoms with Crippen LogP contribution in [0.25, 0.3) is 5.82 Å². The summed E-state index contributed by atoms with van der Waals surface area (Å²) in [6, 6.07) is 0. The van der Waals surface area contributed by atoms with Gasteiger partial charge in [0.15, 0.2) is 5.82 Å². The third-order valence-electron chi connectivity index (χ3n) is 1.94. The Morgan fingerprint density at radius 2 is 2.24 bits per heavy atom. The molecule has 17 heavy (non-hydrogen) atoms. The largest absolute Gasteiger partial charge is 0.366 e. The Labute approximate surface area is 101 Å². The zero-order valence-electron chi connectivity index (χ0n) is 8.46. The van der Waals surface area contributed by atoms with E-state index in [2.05, 4.69) is 20.5 Å². The number of halogens is 1. The van der Waals surface area contributed by atoms with Crippen molar-refractivity contribution in [2.75, 3.05) is 5.43 Å². The number of carbonyl (C=O) groups excluding carboxylic acids is 1. The normalized spacial score (nSPS) is 10.2. The standard InChI is InChI=1S/C8H8ClN7O/c9-5-2-12-8(15-11)14-7(5)16-3-4(1-13-16)6(10)17/h1-3H,11H2,(H2,10,17)(H,12,14,15). The second kappa shape index (κ2) is 4.36. The van der Waals surface area contributed by atoms with Crippen molar-refractivity contribution in [3.63, 3.8) is 0 Å². The van der Waals surface area contributed by atoms with E-state index < -0.39 is 5.91 Å². The maximum Gasteiger partial charge on any atom is 0.251 e. The van der Waals surface area contributed by atoms with Gasteiger partial charge in [-0.15, -0.1) is 0 Å². The van der Waals surface area contributed by atoms with E-state index in [-0.39, 0.29) is 16.5 Å². The number of rotatable bonds is 3. The van der Waals surface area contributed by atoms with Gasteiger partial charge in [0.25, 0.3) is 5.91 Å². The highest BCUT2D eigenvalue weighted by Crippen LogP contribution is 2.17. The predicted molar refractivity (Wildman–Crippen MR) is 60.5 cm³/mol. The maximum atomic E-state index is 10.9. The second-order valence-corrected chi connectivity index (χ2v) is 3.45. The lowest BCUT2D eigenvalue weighted by Gasteiger charge is -2.04. The predicted octanol–water partition coefficient (Wildman–Crippen LogP) is -0.300. The van der Waals surface area contributed by atoms with E-state index in [1.807, 2.05) is 0 Å². The molecule has 9 heteroatoms. The molecule has 0 radical (unpaired) electrons. The van der Waals surface area contributed by atoms with Gasteiger partial charge in [0.05, 0.1) is 18.0 Å². The van der Waals surface area contributed by atoms with E-state index in [0.29, 0.717) is 5.82 Å². The molecule has 88 valence electrons. The lowest BCUT2D eigenvalue weighted by molar-refractivity contribution is 0.100. The lowest BCUT2D eigenvalue weighted by atomic mass is 10.3. The number of carbonyl (C=O) groups is 1. The van der Waals surface area contributed by atoms with Crippen LogP contribution in [0.2, 0.25) is 5.02 Å². The Morgan fingerprint density at radius 3 is 2.82 bits per heavy atom. The van der Waals surface area contributed by atoms with E-state index in [0.717, 1.165) is 0 Å². The molecule has 0 aliphatic heterocycles. The van der Waals surface area contributed by atoms with Crippen LogP contribution in [0.1, 0.15) is 10.4 Å². The van der Waals surface area contributed by atoms with Crippen molar-refractivity contribution in [3.05, 3.63) is 29.2 Å². The van der Waals surface area contributed by atoms with Crippen LogP contribution in [-0.4, -0.2) is 25.7 Å². The van der Waals surface area contributed by atoms with E-state index in [9.17, 15) is 4.79 Å². The number of nitrogens with zero attached hydrogens (tertiary/aromatic N) is 4. The molecule has 2 aromatic heterocycles. The van der Waals surface area contributed by atoms with E-state index in [4.69, 9.17) is 23.2 Å². The number of aromatic nitrogens is 4. The summed E-state index contributed by atoms with van der Waals surface area (Å²) in [4.78, 5) is 18.7. The van der Waals surface area contributed by atoms with Crippen LogP contribution in [-0.2, 0) is 0 Å². The fourth-order valence-electron chi connectivity index (χ4n) is 1.15. The van der Waals surface area contributed by atoms with Gasteiger partial charge in [0.2, 0.25) is 5.95 Å². The molecule has 0 saturated heterocycles. The Balaban J connectivity index is 2.47. The molecule has 2 aromatic rings. The number of hydrogen-bond acceptors (Lipinski definition) is 6. The SMILES string of the molecule is NNc1ncc(Cl)c(-n2cc(C(N)=O)cn2)n1. The summed E-state index contributed by atoms with van der Waals surface area (Å²) in [7, 11) is 0. The molecule has 0 aromatic carbocycles. The topological polar surface area (TPSA) is 125 Å². The molecular formula is C8H8ClN7O. The monoisotopic (exact) mass is 253 g/mol. The van der Waals surface area contributed by atoms with Crippen LogP contribution < -0.4 is 17.0 Å². The average molecular weight is 254 g/mol. The average Bonchev–Trinajstić information content (AvgIpc) is 2.79. The minimum absolute atomic E-state index is 0.181. The molecule has 0 unspecified atom stereocenters. The van der Waals surface area contributed by atoms with Gasteiger partial charge >= 0.3 is 0 Å². The summed E-state index contributed by atoms with van der Waals surface area (Å²) in [5.41, 5.74) is 7.64. The van der Waals surface area contributed by atoms with Crippen LogP contribution in [0.15, 0.2) is 18.6 Å². The molecule has 0 fully saturated rings. The van der Waals surface area contributed by atoms with Crippen LogP contribution in [0.5, 0.6) is 0 Å². The summed E-state index contributed by atoms with van der Waals surface area (Å²) in [5, 5.41) is 4.18. The van der Waals surface area contributed by atoms with E-state index in [1.165, 1.54) is 23.3 Å². The molecule has 1 amide bonds. The fourth-order valence-corrected chi connectivity index (χ4v) is 1.33. The molecule has 2 rings (SSSR count). The molecule has 2 heterocycles. The van der Waals surface area contributed by atoms with Crippen LogP contribution >= 0.6 is 11.6 Å². The Kier molecular flexibility index (Phi) is 2.90. The minimum atomic E-state index is -0.585. The minimum Gasteiger partial charge on any atom is -0.366 e. The number of hydrogen-bond donors (Lipinski definition) is 3. The zero-order chi connectivity index (χ0) is 12.4. The van der Waals surface area contributed by atoms with Gasteiger partial charge in [-0.3, -0.25) is 10.2 Å². The van der Waals surface area contributed by atoms with Crippen molar-refractivity contribution in [2.24, 2.45) is 11.6 Å². The van der Waals surface area contributed by atoms with Crippen molar-refractivity contribution in [3.8, 4) is 5.82 Å². The molecule has 0 aliphatic rings. The number of nitrogen functional groups attached to an aromatic ring is 1. The molecule has 0 spiro atoms. The smallest absolute Gasteiger partial charge is 0.251 e. The summed E-state index contributed by atoms with van der Waals surface area (Å²) < 4.78 is 1.31. The first-order valence-corrected chi connectivity index (χ1v) is 4.83. The van der Waals surface area contributed by atoms with Gasteiger partial charge in [-0.25, -0.2) is 15.5 Å². The maximum absolute atomic E-state index is 10.9. The molecule has 0 aliphatic carbocycles. The van der Waals surface area contributed by atoms with Crippen molar-refractivity contribution >= 4 is 23.5 Å². The first kappa shape index (κ1) is 11.3. The van der Waals surface area contributed by atoms with Gasteiger partial charge in [0, 0.05) is 6.20 Å². The van der Waals surface area contributed by atoms with Gasteiger partial charge in [0.1, 0.15) is 5.02 Å². The number of amides is 1. The molecule has 0 atom stereocenters. The fraction of sp³-hybridized carbons (Fsp3) is 0. The summed E-state index contributed by atoms with van der Waals surface area (Å²) in [6.45, 7) is 0. The quantitative estimate of drug-likeness (QED) is 0.509. The molecule has 0 bridgehead atoms. The van der Waals surface area contributed by atoms with Crippen LogP contribution in [0.4, 0.5) is 5.95 Å². The first-order valence-electron chi connectivity index (χ1n) is 4.46. The van der Waals surface area contributed by atoms with Crippen LogP contribution in [0, 0.1) is 0 Å². The van der Waals surface area contributed by atoms with Crippen molar-refractivity contribution in [1.82, 2.24) is 19.7 Å². The van der Waals surface area contributed by atoms with E-state index in [1.54, 1.807) is 0 Å². The summed E-state index contributed by atoms with van der Waals surface area (Å²) in [5.74, 6) is 5.07. The third kappa shape index (κ3) is 2.17. The zero-order valence-corrected chi connectivity index (χ0v) is 9.22. The number of anilines is 1. The molecular weight excluding hydrogens is 246 g/mol. The second-order valence-electron chi connectivity index (χ2n) is 3.05. The summed E-state index contributed by atoms with van der Waals surface area (Å²) >= 11 is 5.91. The number of nitrogens with two attached hydrogens (primary N) is 2. The van der Waals surface area contributed by atoms with E-state index >= 15 is 0 Å². The first-order chi connectivity index (χ1) is 8.11. The molecule has 0 saturated carbocycles. The Hall–Kier alpha value is -2.19. The summed E-state index contributed by atoms with van der Waals surface area (Å²) in [6.07, 6.45) is 4.10. The van der Waals surface area contributed by atoms with Crippen molar-refractivity contribution in [2.45, 2.75) is 0 Å². The molecule has 8 nitrogen and oxygen atoms in total. The van der Waals surface area contributed by atoms with Crippen molar-refractivity contribution in [1.29, 1.82) is 0 Å². The van der Waals surface area contributed by atoms with Gasteiger partial charge in [-0.05, 0) is 0 Å². The number of primary amides is 1. The number of nitrogens with one attached hydrogen (secondary N) is 1. The molecule has 5 N–H and O–H groups in total. The van der Waals surface area contributed by atoms with Crippen molar-refractivity contribution < 1.29 is 4.79 Å². The Morgan fingerprint density at radius 1 is 1.47 bits per heavy atom. The van der Waals surface area contributed by atoms with Gasteiger partial charge in [-0.1, -0.05) is 11.6 Å². The highest BCUT2D eigenvalue weighted by Gasteiger charge is 2.10. The highest BCUT2D eigenvalue weighted by atomic mass is 35.5. The highest BCUT2D eigenvalue weighted by molar-refractivity contribution is 6.32. The Bertz CT molecular complexity index is 567. The third-order valence-corrected chi connectivity index (χ3v) is 2.21. The lowest BCUT2D eigenvalue weighted by Crippen LogP contribution is -2.12.